The molecule has 1 atom stereocenters. The van der Waals surface area contributed by atoms with E-state index in [0.29, 0.717) is 19.4 Å². The zero-order valence-electron chi connectivity index (χ0n) is 13.8. The smallest absolute Gasteiger partial charge is 0.308 e. The van der Waals surface area contributed by atoms with Crippen LogP contribution in [0.1, 0.15) is 35.2 Å². The molecule has 6 nitrogen and oxygen atoms in total. The molecule has 0 bridgehead atoms. The van der Waals surface area contributed by atoms with Gasteiger partial charge < -0.3 is 14.9 Å². The molecule has 8 heteroatoms. The lowest BCUT2D eigenvalue weighted by Crippen LogP contribution is -2.46. The average Bonchev–Trinajstić information content (AvgIpc) is 2.61. The van der Waals surface area contributed by atoms with E-state index in [1.165, 1.54) is 30.1 Å². The quantitative estimate of drug-likeness (QED) is 0.878. The molecule has 1 saturated heterocycles. The summed E-state index contributed by atoms with van der Waals surface area (Å²) in [5.41, 5.74) is -0.180. The fraction of sp³-hybridized carbons (Fsp3) is 0.471. The number of carboxylic acids is 1. The lowest BCUT2D eigenvalue weighted by atomic mass is 9.98. The summed E-state index contributed by atoms with van der Waals surface area (Å²) in [6.07, 6.45) is -1.56. The Morgan fingerprint density at radius 3 is 2.72 bits per heavy atom. The molecule has 1 aliphatic heterocycles. The maximum Gasteiger partial charge on any atom is 0.308 e. The molecule has 1 aromatic rings. The number of likely N-dealkylation sites (tertiary alicyclic amines) is 1. The van der Waals surface area contributed by atoms with Crippen LogP contribution in [0, 0.1) is 5.92 Å². The zero-order chi connectivity index (χ0) is 18.6. The average molecular weight is 354 g/mol. The number of hydrogen-bond donors (Lipinski definition) is 1. The van der Waals surface area contributed by atoms with Gasteiger partial charge in [0.05, 0.1) is 12.5 Å². The Bertz CT molecular complexity index is 666. The number of aliphatic carboxylic acids is 1. The lowest BCUT2D eigenvalue weighted by molar-refractivity contribution is -0.145. The Kier molecular flexibility index (Phi) is 6.06. The summed E-state index contributed by atoms with van der Waals surface area (Å²) in [4.78, 5) is 38.3. The van der Waals surface area contributed by atoms with E-state index in [1.807, 2.05) is 0 Å². The van der Waals surface area contributed by atoms with Crippen molar-refractivity contribution in [3.05, 3.63) is 35.4 Å². The summed E-state index contributed by atoms with van der Waals surface area (Å²) < 4.78 is 25.5. The summed E-state index contributed by atoms with van der Waals surface area (Å²) >= 11 is 0. The normalized spacial score (nSPS) is 17.4. The van der Waals surface area contributed by atoms with Crippen molar-refractivity contribution >= 4 is 17.8 Å². The monoisotopic (exact) mass is 354 g/mol. The summed E-state index contributed by atoms with van der Waals surface area (Å²) in [5.74, 6) is -2.43. The molecule has 1 aromatic carbocycles. The Hall–Kier alpha value is -2.51. The number of carbonyl (C=O) groups is 3. The number of nitrogens with zero attached hydrogens (tertiary/aromatic N) is 2. The number of alkyl halides is 2. The second-order valence-electron chi connectivity index (χ2n) is 6.10. The van der Waals surface area contributed by atoms with Crippen molar-refractivity contribution in [3.63, 3.8) is 0 Å². The number of piperidine rings is 1. The van der Waals surface area contributed by atoms with Crippen molar-refractivity contribution in [2.75, 3.05) is 26.7 Å². The molecule has 0 radical (unpaired) electrons. The van der Waals surface area contributed by atoms with Gasteiger partial charge in [-0.15, -0.1) is 0 Å². The van der Waals surface area contributed by atoms with Crippen LogP contribution in [0.5, 0.6) is 0 Å². The van der Waals surface area contributed by atoms with Gasteiger partial charge in [-0.2, -0.15) is 0 Å². The predicted octanol–water partition coefficient (Wildman–Crippen LogP) is 2.02. The van der Waals surface area contributed by atoms with Gasteiger partial charge in [0.1, 0.15) is 0 Å². The summed E-state index contributed by atoms with van der Waals surface area (Å²) in [7, 11) is 1.41. The fourth-order valence-electron chi connectivity index (χ4n) is 2.81. The Labute approximate surface area is 144 Å². The molecule has 25 heavy (non-hydrogen) atoms. The van der Waals surface area contributed by atoms with Gasteiger partial charge in [0, 0.05) is 31.3 Å². The number of halogens is 2. The molecule has 0 aromatic heterocycles. The van der Waals surface area contributed by atoms with Crippen molar-refractivity contribution in [2.24, 2.45) is 5.92 Å². The van der Waals surface area contributed by atoms with Crippen LogP contribution in [-0.4, -0.2) is 59.4 Å². The first-order valence-electron chi connectivity index (χ1n) is 7.93. The maximum absolute atomic E-state index is 12.7. The summed E-state index contributed by atoms with van der Waals surface area (Å²) in [6, 6.07) is 5.12. The van der Waals surface area contributed by atoms with E-state index in [4.69, 9.17) is 5.11 Å². The van der Waals surface area contributed by atoms with Crippen LogP contribution in [0.3, 0.4) is 0 Å². The number of amides is 2. The van der Waals surface area contributed by atoms with E-state index in [0.717, 1.165) is 11.0 Å². The third-order valence-corrected chi connectivity index (χ3v) is 4.23. The highest BCUT2D eigenvalue weighted by Gasteiger charge is 2.29. The Balaban J connectivity index is 1.99. The van der Waals surface area contributed by atoms with E-state index in [1.54, 1.807) is 0 Å². The first-order valence-corrected chi connectivity index (χ1v) is 7.93. The minimum absolute atomic E-state index is 0.0788. The first-order chi connectivity index (χ1) is 11.8. The van der Waals surface area contributed by atoms with Crippen molar-refractivity contribution in [2.45, 2.75) is 19.3 Å². The van der Waals surface area contributed by atoms with Crippen molar-refractivity contribution in [1.82, 2.24) is 9.80 Å². The van der Waals surface area contributed by atoms with Gasteiger partial charge >= 0.3 is 5.97 Å². The number of hydrogen-bond acceptors (Lipinski definition) is 3. The number of rotatable bonds is 5. The zero-order valence-corrected chi connectivity index (χ0v) is 13.8. The molecular formula is C17H20F2N2O4. The van der Waals surface area contributed by atoms with Crippen molar-refractivity contribution in [3.8, 4) is 0 Å². The Morgan fingerprint density at radius 1 is 1.36 bits per heavy atom. The number of benzene rings is 1. The molecule has 0 spiro atoms. The van der Waals surface area contributed by atoms with Crippen LogP contribution in [0.4, 0.5) is 8.78 Å². The first kappa shape index (κ1) is 18.8. The highest BCUT2D eigenvalue weighted by Crippen LogP contribution is 2.20. The molecule has 2 amide bonds. The predicted molar refractivity (Wildman–Crippen MR) is 85.3 cm³/mol. The molecule has 1 aliphatic rings. The molecular weight excluding hydrogens is 334 g/mol. The fourth-order valence-corrected chi connectivity index (χ4v) is 2.81. The van der Waals surface area contributed by atoms with E-state index in [-0.39, 0.29) is 30.1 Å². The second kappa shape index (κ2) is 8.04. The van der Waals surface area contributed by atoms with Crippen LogP contribution >= 0.6 is 0 Å². The van der Waals surface area contributed by atoms with Gasteiger partial charge in [0.2, 0.25) is 5.91 Å². The number of carbonyl (C=O) groups excluding carboxylic acids is 2. The van der Waals surface area contributed by atoms with Gasteiger partial charge in [-0.3, -0.25) is 14.4 Å². The number of carboxylic acid groups (broad SMARTS) is 1. The van der Waals surface area contributed by atoms with Crippen LogP contribution < -0.4 is 0 Å². The Morgan fingerprint density at radius 2 is 2.08 bits per heavy atom. The minimum atomic E-state index is -2.68. The molecule has 1 unspecified atom stereocenters. The van der Waals surface area contributed by atoms with Crippen LogP contribution in [0.15, 0.2) is 24.3 Å². The topological polar surface area (TPSA) is 77.9 Å². The molecule has 2 rings (SSSR count). The van der Waals surface area contributed by atoms with E-state index >= 15 is 0 Å². The number of likely N-dealkylation sites (N-methyl/N-ethyl adjacent to an activating group) is 1. The van der Waals surface area contributed by atoms with E-state index < -0.39 is 24.2 Å². The highest BCUT2D eigenvalue weighted by atomic mass is 19.3. The molecule has 1 heterocycles. The maximum atomic E-state index is 12.7. The van der Waals surface area contributed by atoms with Crippen LogP contribution in [0.25, 0.3) is 0 Å². The second-order valence-corrected chi connectivity index (χ2v) is 6.10. The van der Waals surface area contributed by atoms with Gasteiger partial charge in [-0.25, -0.2) is 8.78 Å². The third kappa shape index (κ3) is 4.74. The van der Waals surface area contributed by atoms with E-state index in [9.17, 15) is 23.2 Å². The van der Waals surface area contributed by atoms with Crippen LogP contribution in [-0.2, 0) is 9.59 Å². The molecule has 0 aliphatic carbocycles. The third-order valence-electron chi connectivity index (χ3n) is 4.23. The lowest BCUT2D eigenvalue weighted by Gasteiger charge is -2.32. The molecule has 1 fully saturated rings. The van der Waals surface area contributed by atoms with Gasteiger partial charge in [0.25, 0.3) is 12.3 Å². The summed E-state index contributed by atoms with van der Waals surface area (Å²) in [5, 5.41) is 9.06. The van der Waals surface area contributed by atoms with Crippen LogP contribution in [0.2, 0.25) is 0 Å². The minimum Gasteiger partial charge on any atom is -0.481 e. The summed E-state index contributed by atoms with van der Waals surface area (Å²) in [6.45, 7) is 0.340. The molecule has 1 N–H and O–H groups in total. The SMILES string of the molecule is CN(CC(=O)N1CCCC(C(=O)O)C1)C(=O)c1cccc(C(F)F)c1. The standard InChI is InChI=1S/C17H20F2N2O4/c1-20(16(23)12-5-2-4-11(8-12)15(18)19)10-14(22)21-7-3-6-13(9-21)17(24)25/h2,4-5,8,13,15H,3,6-7,9-10H2,1H3,(H,24,25). The van der Waals surface area contributed by atoms with E-state index in [2.05, 4.69) is 0 Å². The molecule has 0 saturated carbocycles. The molecule has 136 valence electrons. The highest BCUT2D eigenvalue weighted by molar-refractivity contribution is 5.96. The van der Waals surface area contributed by atoms with Gasteiger partial charge in [-0.1, -0.05) is 12.1 Å². The largest absolute Gasteiger partial charge is 0.481 e. The van der Waals surface area contributed by atoms with Crippen molar-refractivity contribution in [1.29, 1.82) is 0 Å². The van der Waals surface area contributed by atoms with Gasteiger partial charge in [-0.05, 0) is 25.0 Å². The van der Waals surface area contributed by atoms with Gasteiger partial charge in [0.15, 0.2) is 0 Å². The van der Waals surface area contributed by atoms with Crippen molar-refractivity contribution < 1.29 is 28.3 Å².